The molecule has 102 valence electrons. The van der Waals surface area contributed by atoms with Gasteiger partial charge in [-0.3, -0.25) is 10.1 Å². The molecule has 0 spiro atoms. The van der Waals surface area contributed by atoms with Crippen molar-refractivity contribution in [2.45, 2.75) is 11.8 Å². The summed E-state index contributed by atoms with van der Waals surface area (Å²) in [6.45, 7) is 1.61. The second-order valence-electron chi connectivity index (χ2n) is 3.19. The van der Waals surface area contributed by atoms with Gasteiger partial charge < -0.3 is 4.74 Å². The molecule has 19 heavy (non-hydrogen) atoms. The van der Waals surface area contributed by atoms with E-state index in [9.17, 15) is 23.3 Å². The minimum Gasteiger partial charge on any atom is -0.462 e. The highest BCUT2D eigenvalue weighted by Crippen LogP contribution is 2.24. The molecule has 1 aromatic carbocycles. The highest BCUT2D eigenvalue weighted by molar-refractivity contribution is 7.90. The quantitative estimate of drug-likeness (QED) is 0.344. The van der Waals surface area contributed by atoms with E-state index < -0.39 is 31.5 Å². The van der Waals surface area contributed by atoms with Gasteiger partial charge in [-0.15, -0.1) is 0 Å². The van der Waals surface area contributed by atoms with E-state index >= 15 is 0 Å². The average Bonchev–Trinajstić information content (AvgIpc) is 2.37. The van der Waals surface area contributed by atoms with Gasteiger partial charge in [-0.05, 0) is 13.0 Å². The summed E-state index contributed by atoms with van der Waals surface area (Å²) < 4.78 is 31.0. The highest BCUT2D eigenvalue weighted by atomic mass is 32.2. The molecule has 0 saturated heterocycles. The third-order valence-corrected chi connectivity index (χ3v) is 3.21. The van der Waals surface area contributed by atoms with E-state index in [0.717, 1.165) is 12.1 Å². The first-order valence-corrected chi connectivity index (χ1v) is 6.53. The molecule has 1 rings (SSSR count). The number of benzene rings is 1. The van der Waals surface area contributed by atoms with E-state index in [2.05, 4.69) is 9.13 Å². The molecule has 1 aromatic rings. The summed E-state index contributed by atoms with van der Waals surface area (Å²) in [6.07, 6.45) is 0.468. The Hall–Kier alpha value is -2.29. The van der Waals surface area contributed by atoms with Crippen molar-refractivity contribution >= 4 is 27.9 Å². The van der Waals surface area contributed by atoms with E-state index in [0.29, 0.717) is 6.21 Å². The maximum absolute atomic E-state index is 11.8. The summed E-state index contributed by atoms with van der Waals surface area (Å²) in [6, 6.07) is 4.72. The average molecular weight is 286 g/mol. The van der Waals surface area contributed by atoms with Crippen LogP contribution in [0.15, 0.2) is 33.6 Å². The molecule has 0 aliphatic heterocycles. The zero-order valence-corrected chi connectivity index (χ0v) is 10.7. The summed E-state index contributed by atoms with van der Waals surface area (Å²) >= 11 is 0. The van der Waals surface area contributed by atoms with Crippen LogP contribution in [0.4, 0.5) is 5.69 Å². The zero-order chi connectivity index (χ0) is 14.5. The SMILES string of the molecule is CCOC(=O)/C=N/S(=O)(=O)c1ccccc1[N+](=O)[O-]. The number of nitro groups is 1. The Morgan fingerprint density at radius 1 is 1.47 bits per heavy atom. The number of sulfonamides is 1. The number of hydrogen-bond acceptors (Lipinski definition) is 6. The van der Waals surface area contributed by atoms with Gasteiger partial charge in [-0.2, -0.15) is 12.8 Å². The molecule has 0 aliphatic rings. The molecular weight excluding hydrogens is 276 g/mol. The molecule has 0 atom stereocenters. The van der Waals surface area contributed by atoms with E-state index in [-0.39, 0.29) is 6.61 Å². The second kappa shape index (κ2) is 6.05. The molecule has 0 radical (unpaired) electrons. The lowest BCUT2D eigenvalue weighted by Gasteiger charge is -2.00. The predicted molar refractivity (Wildman–Crippen MR) is 65.4 cm³/mol. The summed E-state index contributed by atoms with van der Waals surface area (Å²) in [7, 11) is -4.32. The van der Waals surface area contributed by atoms with Crippen LogP contribution in [0.2, 0.25) is 0 Å². The lowest BCUT2D eigenvalue weighted by molar-refractivity contribution is -0.387. The molecule has 9 heteroatoms. The minimum atomic E-state index is -4.32. The van der Waals surface area contributed by atoms with E-state index in [1.54, 1.807) is 6.92 Å². The van der Waals surface area contributed by atoms with E-state index in [1.165, 1.54) is 12.1 Å². The number of para-hydroxylation sites is 1. The first-order valence-electron chi connectivity index (χ1n) is 5.09. The second-order valence-corrected chi connectivity index (χ2v) is 4.79. The van der Waals surface area contributed by atoms with Crippen molar-refractivity contribution in [2.75, 3.05) is 6.61 Å². The number of esters is 1. The van der Waals surface area contributed by atoms with Crippen LogP contribution in [0.5, 0.6) is 0 Å². The first kappa shape index (κ1) is 14.8. The van der Waals surface area contributed by atoms with Crippen LogP contribution in [0.25, 0.3) is 0 Å². The molecule has 0 saturated carbocycles. The minimum absolute atomic E-state index is 0.0659. The van der Waals surface area contributed by atoms with Crippen molar-refractivity contribution in [2.24, 2.45) is 4.40 Å². The van der Waals surface area contributed by atoms with Gasteiger partial charge in [0.25, 0.3) is 15.7 Å². The lowest BCUT2D eigenvalue weighted by atomic mass is 10.3. The smallest absolute Gasteiger partial charge is 0.350 e. The fraction of sp³-hybridized carbons (Fsp3) is 0.200. The highest BCUT2D eigenvalue weighted by Gasteiger charge is 2.24. The molecule has 0 unspecified atom stereocenters. The Morgan fingerprint density at radius 2 is 2.11 bits per heavy atom. The van der Waals surface area contributed by atoms with Crippen molar-refractivity contribution in [3.8, 4) is 0 Å². The van der Waals surface area contributed by atoms with Crippen LogP contribution in [0, 0.1) is 10.1 Å². The monoisotopic (exact) mass is 286 g/mol. The van der Waals surface area contributed by atoms with Crippen LogP contribution >= 0.6 is 0 Å². The van der Waals surface area contributed by atoms with Gasteiger partial charge in [0.05, 0.1) is 11.5 Å². The van der Waals surface area contributed by atoms with Crippen molar-refractivity contribution in [1.82, 2.24) is 0 Å². The number of carbonyl (C=O) groups is 1. The third-order valence-electron chi connectivity index (χ3n) is 1.92. The Bertz CT molecular complexity index is 623. The van der Waals surface area contributed by atoms with Gasteiger partial charge in [0.2, 0.25) is 0 Å². The van der Waals surface area contributed by atoms with Crippen LogP contribution in [-0.2, 0) is 19.6 Å². The van der Waals surface area contributed by atoms with Crippen LogP contribution in [0.3, 0.4) is 0 Å². The third kappa shape index (κ3) is 3.85. The Morgan fingerprint density at radius 3 is 2.68 bits per heavy atom. The molecule has 0 aromatic heterocycles. The number of rotatable bonds is 5. The number of ether oxygens (including phenoxy) is 1. The zero-order valence-electron chi connectivity index (χ0n) is 9.85. The normalized spacial score (nSPS) is 11.4. The largest absolute Gasteiger partial charge is 0.462 e. The van der Waals surface area contributed by atoms with Crippen molar-refractivity contribution in [1.29, 1.82) is 0 Å². The fourth-order valence-corrected chi connectivity index (χ4v) is 2.17. The van der Waals surface area contributed by atoms with Crippen molar-refractivity contribution in [3.05, 3.63) is 34.4 Å². The van der Waals surface area contributed by atoms with Crippen molar-refractivity contribution in [3.63, 3.8) is 0 Å². The Balaban J connectivity index is 3.15. The molecule has 8 nitrogen and oxygen atoms in total. The molecule has 0 heterocycles. The van der Waals surface area contributed by atoms with E-state index in [1.807, 2.05) is 0 Å². The molecule has 0 bridgehead atoms. The molecule has 0 fully saturated rings. The topological polar surface area (TPSA) is 116 Å². The first-order chi connectivity index (χ1) is 8.88. The van der Waals surface area contributed by atoms with Gasteiger partial charge in [0.15, 0.2) is 4.90 Å². The van der Waals surface area contributed by atoms with E-state index in [4.69, 9.17) is 0 Å². The molecule has 0 amide bonds. The number of nitrogens with zero attached hydrogens (tertiary/aromatic N) is 2. The molecule has 0 N–H and O–H groups in total. The standard InChI is InChI=1S/C10H10N2O6S/c1-2-18-10(13)7-11-19(16,17)9-6-4-3-5-8(9)12(14)15/h3-7H,2H2,1H3/b11-7+. The number of carbonyl (C=O) groups excluding carboxylic acids is 1. The van der Waals surface area contributed by atoms with Gasteiger partial charge in [0.1, 0.15) is 6.21 Å². The predicted octanol–water partition coefficient (Wildman–Crippen LogP) is 0.917. The summed E-state index contributed by atoms with van der Waals surface area (Å²) in [5.74, 6) is -0.940. The van der Waals surface area contributed by atoms with Crippen LogP contribution in [-0.4, -0.2) is 32.1 Å². The number of hydrogen-bond donors (Lipinski definition) is 0. The fourth-order valence-electron chi connectivity index (χ4n) is 1.17. The molecule has 0 aliphatic carbocycles. The summed E-state index contributed by atoms with van der Waals surface area (Å²) in [5, 5.41) is 10.7. The van der Waals surface area contributed by atoms with Crippen molar-refractivity contribution < 1.29 is 22.9 Å². The van der Waals surface area contributed by atoms with Gasteiger partial charge in [0, 0.05) is 6.07 Å². The lowest BCUT2D eigenvalue weighted by Crippen LogP contribution is -2.08. The van der Waals surface area contributed by atoms with Crippen LogP contribution in [0.1, 0.15) is 6.92 Å². The Kier molecular flexibility index (Phi) is 4.70. The maximum Gasteiger partial charge on any atom is 0.350 e. The molecular formula is C10H10N2O6S. The number of nitro benzene ring substituents is 1. The Labute approximate surface area is 108 Å². The maximum atomic E-state index is 11.8. The van der Waals surface area contributed by atoms with Gasteiger partial charge >= 0.3 is 5.97 Å². The summed E-state index contributed by atoms with van der Waals surface area (Å²) in [4.78, 5) is 20.3. The van der Waals surface area contributed by atoms with Gasteiger partial charge in [-0.25, -0.2) is 4.79 Å². The van der Waals surface area contributed by atoms with Gasteiger partial charge in [-0.1, -0.05) is 12.1 Å². The van der Waals surface area contributed by atoms with Crippen LogP contribution < -0.4 is 0 Å². The summed E-state index contributed by atoms with van der Waals surface area (Å²) in [5.41, 5.74) is -0.608.